The van der Waals surface area contributed by atoms with Gasteiger partial charge in [-0.05, 0) is 49.3 Å². The van der Waals surface area contributed by atoms with E-state index in [-0.39, 0.29) is 11.9 Å². The summed E-state index contributed by atoms with van der Waals surface area (Å²) >= 11 is 5.64. The molecule has 1 aliphatic heterocycles. The van der Waals surface area contributed by atoms with E-state index in [1.165, 1.54) is 4.90 Å². The summed E-state index contributed by atoms with van der Waals surface area (Å²) in [6.45, 7) is 0.768. The van der Waals surface area contributed by atoms with Gasteiger partial charge < -0.3 is 27.4 Å². The molecule has 1 aromatic carbocycles. The highest BCUT2D eigenvalue weighted by Gasteiger charge is 2.37. The third-order valence-corrected chi connectivity index (χ3v) is 5.25. The molecule has 10 heteroatoms. The number of nitrogens with two attached hydrogens (primary N) is 3. The Hall–Kier alpha value is -2.65. The van der Waals surface area contributed by atoms with Gasteiger partial charge in [0.25, 0.3) is 0 Å². The molecule has 7 N–H and O–H groups in total. The third kappa shape index (κ3) is 7.00. The van der Waals surface area contributed by atoms with Gasteiger partial charge in [0.05, 0.1) is 6.04 Å². The number of carbonyl (C=O) groups is 3. The Labute approximate surface area is 181 Å². The van der Waals surface area contributed by atoms with E-state index in [4.69, 9.17) is 28.8 Å². The number of hydrogen-bond acceptors (Lipinski definition) is 5. The van der Waals surface area contributed by atoms with Crippen LogP contribution in [-0.2, 0) is 20.8 Å². The normalized spacial score (nSPS) is 17.8. The summed E-state index contributed by atoms with van der Waals surface area (Å²) in [4.78, 5) is 42.7. The number of nitrogens with one attached hydrogen (secondary N) is 1. The molecule has 0 aliphatic carbocycles. The van der Waals surface area contributed by atoms with Crippen molar-refractivity contribution in [1.29, 1.82) is 0 Å². The van der Waals surface area contributed by atoms with E-state index >= 15 is 0 Å². The molecule has 30 heavy (non-hydrogen) atoms. The van der Waals surface area contributed by atoms with Gasteiger partial charge in [-0.25, -0.2) is 0 Å². The Morgan fingerprint density at radius 3 is 2.57 bits per heavy atom. The van der Waals surface area contributed by atoms with Gasteiger partial charge in [0.2, 0.25) is 17.1 Å². The molecule has 1 heterocycles. The van der Waals surface area contributed by atoms with Crippen molar-refractivity contribution in [1.82, 2.24) is 10.2 Å². The number of hydrogen-bond donors (Lipinski definition) is 4. The third-order valence-electron chi connectivity index (χ3n) is 4.99. The summed E-state index contributed by atoms with van der Waals surface area (Å²) in [5.41, 5.74) is 17.6. The Kier molecular flexibility index (Phi) is 9.07. The highest BCUT2D eigenvalue weighted by Crippen LogP contribution is 2.20. The Balaban J connectivity index is 1.95. The van der Waals surface area contributed by atoms with Gasteiger partial charge in [0.15, 0.2) is 5.96 Å². The van der Waals surface area contributed by atoms with Crippen LogP contribution in [-0.4, -0.2) is 59.1 Å². The second-order valence-corrected chi connectivity index (χ2v) is 7.67. The van der Waals surface area contributed by atoms with Crippen molar-refractivity contribution in [2.24, 2.45) is 22.2 Å². The molecule has 0 unspecified atom stereocenters. The van der Waals surface area contributed by atoms with Gasteiger partial charge in [0, 0.05) is 13.1 Å². The number of benzene rings is 1. The highest BCUT2D eigenvalue weighted by molar-refractivity contribution is 6.64. The van der Waals surface area contributed by atoms with Gasteiger partial charge >= 0.3 is 0 Å². The Bertz CT molecular complexity index is 769. The molecule has 2 rings (SSSR count). The molecule has 0 bridgehead atoms. The van der Waals surface area contributed by atoms with Crippen molar-refractivity contribution >= 4 is 34.6 Å². The monoisotopic (exact) mass is 436 g/mol. The minimum Gasteiger partial charge on any atom is -0.370 e. The maximum Gasteiger partial charge on any atom is 0.243 e. The van der Waals surface area contributed by atoms with Crippen LogP contribution in [0.3, 0.4) is 0 Å². The largest absolute Gasteiger partial charge is 0.370 e. The Morgan fingerprint density at radius 2 is 1.93 bits per heavy atom. The standard InChI is InChI=1S/C20H29ClN6O3/c21-17(28)15(8-4-10-25-20(23)24)26-18(29)16-9-5-11-27(16)19(30)14(22)12-13-6-2-1-3-7-13/h1-3,6-7,14-16H,4-5,8-12,22H2,(H,26,29)(H4,23,24,25)/t14-,15+,16+/m1/s1. The first-order valence-corrected chi connectivity index (χ1v) is 10.3. The van der Waals surface area contributed by atoms with Crippen LogP contribution >= 0.6 is 11.6 Å². The summed E-state index contributed by atoms with van der Waals surface area (Å²) in [6, 6.07) is 7.18. The SMILES string of the molecule is NC(N)=NCCC[C@H](NC(=O)[C@@H]1CCCN1C(=O)[C@H](N)Cc1ccccc1)C(=O)Cl. The predicted octanol–water partition coefficient (Wildman–Crippen LogP) is -0.149. The second-order valence-electron chi connectivity index (χ2n) is 7.30. The first kappa shape index (κ1) is 23.6. The fraction of sp³-hybridized carbons (Fsp3) is 0.500. The first-order chi connectivity index (χ1) is 14.3. The molecule has 1 aromatic rings. The quantitative estimate of drug-likeness (QED) is 0.173. The van der Waals surface area contributed by atoms with Crippen LogP contribution in [0.5, 0.6) is 0 Å². The van der Waals surface area contributed by atoms with E-state index in [0.717, 1.165) is 5.56 Å². The smallest absolute Gasteiger partial charge is 0.243 e. The topological polar surface area (TPSA) is 157 Å². The number of aliphatic imine (C=N–C) groups is 1. The number of halogens is 1. The van der Waals surface area contributed by atoms with Crippen molar-refractivity contribution in [2.75, 3.05) is 13.1 Å². The lowest BCUT2D eigenvalue weighted by Gasteiger charge is -2.28. The molecule has 1 saturated heterocycles. The van der Waals surface area contributed by atoms with Crippen molar-refractivity contribution in [3.63, 3.8) is 0 Å². The van der Waals surface area contributed by atoms with Crippen LogP contribution in [0.15, 0.2) is 35.3 Å². The zero-order valence-corrected chi connectivity index (χ0v) is 17.6. The molecular formula is C20H29ClN6O3. The molecule has 0 saturated carbocycles. The van der Waals surface area contributed by atoms with Gasteiger partial charge in [-0.3, -0.25) is 19.4 Å². The van der Waals surface area contributed by atoms with Gasteiger partial charge in [-0.15, -0.1) is 0 Å². The predicted molar refractivity (Wildman–Crippen MR) is 116 cm³/mol. The fourth-order valence-corrected chi connectivity index (χ4v) is 3.65. The van der Waals surface area contributed by atoms with Gasteiger partial charge in [-0.2, -0.15) is 0 Å². The molecule has 2 amide bonds. The molecular weight excluding hydrogens is 408 g/mol. The van der Waals surface area contributed by atoms with E-state index in [0.29, 0.717) is 45.2 Å². The average molecular weight is 437 g/mol. The molecule has 0 radical (unpaired) electrons. The van der Waals surface area contributed by atoms with Crippen LogP contribution in [0.25, 0.3) is 0 Å². The summed E-state index contributed by atoms with van der Waals surface area (Å²) in [5.74, 6) is -0.730. The minimum atomic E-state index is -0.871. The van der Waals surface area contributed by atoms with Crippen LogP contribution in [0, 0.1) is 0 Å². The zero-order valence-electron chi connectivity index (χ0n) is 16.8. The summed E-state index contributed by atoms with van der Waals surface area (Å²) in [7, 11) is 0. The van der Waals surface area contributed by atoms with Gasteiger partial charge in [-0.1, -0.05) is 30.3 Å². The summed E-state index contributed by atoms with van der Waals surface area (Å²) < 4.78 is 0. The van der Waals surface area contributed by atoms with Crippen molar-refractivity contribution in [2.45, 2.75) is 50.2 Å². The molecule has 0 aromatic heterocycles. The lowest BCUT2D eigenvalue weighted by molar-refractivity contribution is -0.140. The second kappa shape index (κ2) is 11.5. The Morgan fingerprint density at radius 1 is 1.23 bits per heavy atom. The van der Waals surface area contributed by atoms with E-state index < -0.39 is 29.3 Å². The molecule has 164 valence electrons. The van der Waals surface area contributed by atoms with E-state index in [1.54, 1.807) is 0 Å². The zero-order chi connectivity index (χ0) is 22.1. The number of rotatable bonds is 10. The van der Waals surface area contributed by atoms with Gasteiger partial charge in [0.1, 0.15) is 12.1 Å². The van der Waals surface area contributed by atoms with Crippen molar-refractivity contribution < 1.29 is 14.4 Å². The van der Waals surface area contributed by atoms with Crippen LogP contribution in [0.4, 0.5) is 0 Å². The molecule has 1 aliphatic rings. The van der Waals surface area contributed by atoms with Crippen LogP contribution < -0.4 is 22.5 Å². The number of guanidine groups is 1. The van der Waals surface area contributed by atoms with Crippen molar-refractivity contribution in [3.05, 3.63) is 35.9 Å². The summed E-state index contributed by atoms with van der Waals surface area (Å²) in [5, 5.41) is 1.98. The van der Waals surface area contributed by atoms with Crippen LogP contribution in [0.2, 0.25) is 0 Å². The van der Waals surface area contributed by atoms with E-state index in [1.807, 2.05) is 30.3 Å². The van der Waals surface area contributed by atoms with Crippen LogP contribution in [0.1, 0.15) is 31.2 Å². The molecule has 3 atom stereocenters. The number of carbonyl (C=O) groups excluding carboxylic acids is 3. The maximum atomic E-state index is 12.8. The minimum absolute atomic E-state index is 0.0419. The molecule has 1 fully saturated rings. The van der Waals surface area contributed by atoms with Crippen molar-refractivity contribution in [3.8, 4) is 0 Å². The summed E-state index contributed by atoms with van der Waals surface area (Å²) in [6.07, 6.45) is 2.34. The number of likely N-dealkylation sites (tertiary alicyclic amines) is 1. The number of nitrogens with zero attached hydrogens (tertiary/aromatic N) is 2. The molecule has 0 spiro atoms. The maximum absolute atomic E-state index is 12.8. The highest BCUT2D eigenvalue weighted by atomic mass is 35.5. The molecule has 9 nitrogen and oxygen atoms in total. The number of amides is 2. The lowest BCUT2D eigenvalue weighted by atomic mass is 10.0. The fourth-order valence-electron chi connectivity index (χ4n) is 3.49. The van der Waals surface area contributed by atoms with E-state index in [2.05, 4.69) is 10.3 Å². The van der Waals surface area contributed by atoms with E-state index in [9.17, 15) is 14.4 Å². The lowest BCUT2D eigenvalue weighted by Crippen LogP contribution is -2.53. The first-order valence-electron chi connectivity index (χ1n) is 9.94. The average Bonchev–Trinajstić information content (AvgIpc) is 3.19.